The molecule has 5 rings (SSSR count). The highest BCUT2D eigenvalue weighted by molar-refractivity contribution is 6.24. The molecule has 13 nitrogen and oxygen atoms in total. The third kappa shape index (κ3) is 4.88. The first-order valence-corrected chi connectivity index (χ1v) is 14.3. The van der Waals surface area contributed by atoms with Gasteiger partial charge in [-0.1, -0.05) is 43.3 Å². The fourth-order valence-electron chi connectivity index (χ4n) is 7.10. The van der Waals surface area contributed by atoms with Crippen LogP contribution in [0.5, 0.6) is 5.75 Å². The van der Waals surface area contributed by atoms with Gasteiger partial charge in [0.2, 0.25) is 11.7 Å². The van der Waals surface area contributed by atoms with Gasteiger partial charge in [0.05, 0.1) is 35.9 Å². The minimum atomic E-state index is -3.01. The van der Waals surface area contributed by atoms with E-state index in [4.69, 9.17) is 5.73 Å². The summed E-state index contributed by atoms with van der Waals surface area (Å²) in [5.41, 5.74) is 1.91. The Balaban J connectivity index is 1.55. The zero-order valence-corrected chi connectivity index (χ0v) is 25.2. The second kappa shape index (κ2) is 11.4. The number of carbonyl (C=O) groups is 4. The number of primary amides is 1. The number of aliphatic hydroxyl groups is 4. The predicted octanol–water partition coefficient (Wildman–Crippen LogP) is 0.566. The number of aliphatic hydroxyl groups excluding tert-OH is 3. The van der Waals surface area contributed by atoms with Crippen LogP contribution in [-0.4, -0.2) is 104 Å². The van der Waals surface area contributed by atoms with Gasteiger partial charge in [-0.15, -0.1) is 0 Å². The van der Waals surface area contributed by atoms with E-state index in [2.05, 4.69) is 5.32 Å². The van der Waals surface area contributed by atoms with E-state index >= 15 is 0 Å². The van der Waals surface area contributed by atoms with Crippen molar-refractivity contribution >= 4 is 34.8 Å². The lowest BCUT2D eigenvalue weighted by Crippen LogP contribution is -2.70. The number of phenolic OH excluding ortho intramolecular Hbond substituents is 1. The van der Waals surface area contributed by atoms with E-state index in [1.807, 2.05) is 30.3 Å². The number of anilines is 1. The number of phenols is 1. The van der Waals surface area contributed by atoms with E-state index in [1.54, 1.807) is 18.9 Å². The Morgan fingerprint density at radius 3 is 2.27 bits per heavy atom. The summed E-state index contributed by atoms with van der Waals surface area (Å²) in [5.74, 6) is -10.3. The van der Waals surface area contributed by atoms with E-state index in [9.17, 15) is 44.7 Å². The molecule has 0 spiro atoms. The average molecular weight is 621 g/mol. The number of ketones is 2. The molecular weight excluding hydrogens is 584 g/mol. The van der Waals surface area contributed by atoms with E-state index < -0.39 is 87.3 Å². The van der Waals surface area contributed by atoms with Gasteiger partial charge in [0.25, 0.3) is 5.91 Å². The summed E-state index contributed by atoms with van der Waals surface area (Å²) in [5, 5.41) is 59.9. The maximum absolute atomic E-state index is 14.1. The first kappa shape index (κ1) is 31.9. The van der Waals surface area contributed by atoms with Crippen molar-refractivity contribution in [1.29, 1.82) is 0 Å². The summed E-state index contributed by atoms with van der Waals surface area (Å²) in [6.07, 6.45) is -1.69. The van der Waals surface area contributed by atoms with Gasteiger partial charge < -0.3 is 36.6 Å². The van der Waals surface area contributed by atoms with E-state index in [-0.39, 0.29) is 17.8 Å². The minimum Gasteiger partial charge on any atom is -0.508 e. The highest BCUT2D eigenvalue weighted by atomic mass is 16.4. The molecule has 6 atom stereocenters. The lowest BCUT2D eigenvalue weighted by molar-refractivity contribution is -0.169. The number of aromatic hydroxyl groups is 1. The molecule has 2 aromatic rings. The van der Waals surface area contributed by atoms with Crippen molar-refractivity contribution in [1.82, 2.24) is 9.80 Å². The van der Waals surface area contributed by atoms with Crippen molar-refractivity contribution in [2.45, 2.75) is 37.1 Å². The van der Waals surface area contributed by atoms with Gasteiger partial charge in [-0.3, -0.25) is 29.0 Å². The molecule has 5 unspecified atom stereocenters. The van der Waals surface area contributed by atoms with Crippen molar-refractivity contribution in [3.8, 4) is 5.75 Å². The molecule has 45 heavy (non-hydrogen) atoms. The molecule has 0 saturated heterocycles. The zero-order valence-electron chi connectivity index (χ0n) is 25.2. The van der Waals surface area contributed by atoms with Crippen LogP contribution in [0.25, 0.3) is 5.76 Å². The molecule has 0 aromatic heterocycles. The van der Waals surface area contributed by atoms with Crippen LogP contribution in [-0.2, 0) is 25.7 Å². The average Bonchev–Trinajstić information content (AvgIpc) is 2.96. The first-order chi connectivity index (χ1) is 21.1. The van der Waals surface area contributed by atoms with Crippen LogP contribution in [0, 0.1) is 11.8 Å². The van der Waals surface area contributed by atoms with Crippen LogP contribution in [0.3, 0.4) is 0 Å². The lowest BCUT2D eigenvalue weighted by atomic mass is 9.54. The zero-order chi connectivity index (χ0) is 33.1. The molecule has 1 saturated carbocycles. The molecular formula is C32H36N4O9. The quantitative estimate of drug-likeness (QED) is 0.168. The largest absolute Gasteiger partial charge is 0.508 e. The highest BCUT2D eigenvalue weighted by Gasteiger charge is 2.68. The summed E-state index contributed by atoms with van der Waals surface area (Å²) in [7, 11) is 4.64. The Hall–Kier alpha value is -4.56. The van der Waals surface area contributed by atoms with Crippen LogP contribution in [0.4, 0.5) is 5.69 Å². The maximum atomic E-state index is 14.1. The fraction of sp³-hybridized carbons (Fsp3) is 0.375. The number of likely N-dealkylation sites (N-methyl/N-ethyl adjacent to an activating group) is 2. The predicted molar refractivity (Wildman–Crippen MR) is 162 cm³/mol. The normalized spacial score (nSPS) is 27.8. The molecule has 3 aliphatic rings. The summed E-state index contributed by atoms with van der Waals surface area (Å²) < 4.78 is 0. The van der Waals surface area contributed by atoms with Gasteiger partial charge in [0, 0.05) is 18.0 Å². The first-order valence-electron chi connectivity index (χ1n) is 14.3. The topological polar surface area (TPSA) is 214 Å². The number of benzene rings is 2. The monoisotopic (exact) mass is 620 g/mol. The molecule has 2 amide bonds. The van der Waals surface area contributed by atoms with Crippen molar-refractivity contribution in [2.75, 3.05) is 33.0 Å². The number of amides is 2. The third-order valence-electron chi connectivity index (χ3n) is 9.11. The summed E-state index contributed by atoms with van der Waals surface area (Å²) in [6, 6.07) is 11.0. The number of nitrogens with zero attached hydrogens (tertiary/aromatic N) is 2. The van der Waals surface area contributed by atoms with Crippen molar-refractivity contribution in [3.05, 3.63) is 76.1 Å². The van der Waals surface area contributed by atoms with Crippen LogP contribution in [0.1, 0.15) is 29.5 Å². The summed E-state index contributed by atoms with van der Waals surface area (Å²) in [4.78, 5) is 55.5. The number of nitrogens with one attached hydrogen (secondary N) is 1. The molecule has 1 fully saturated rings. The van der Waals surface area contributed by atoms with Gasteiger partial charge >= 0.3 is 0 Å². The standard InChI is InChI=1S/C32H36N4O9/c1-14-16-10-11-17(34-18(37)13-36(4)12-15-8-6-5-7-9-15)25(38)20(16)26(39)21-19(14)27(40)23-24(35(2)3)28(41)22(31(33)44)30(43)32(23,45)29(21)42/h5-11,14,19,23-24,27,38-40,43,45H,12-13H2,1-4H3,(H2,33,44)(H,34,37)/t14?,19?,23?,24-,27?,32?/m0/s1. The number of hydrogen-bond acceptors (Lipinski definition) is 11. The molecule has 0 radical (unpaired) electrons. The Labute approximate surface area is 258 Å². The van der Waals surface area contributed by atoms with Gasteiger partial charge in [-0.05, 0) is 44.3 Å². The van der Waals surface area contributed by atoms with Crippen LogP contribution in [0.2, 0.25) is 0 Å². The lowest BCUT2D eigenvalue weighted by Gasteiger charge is -2.53. The smallest absolute Gasteiger partial charge is 0.255 e. The maximum Gasteiger partial charge on any atom is 0.255 e. The molecule has 0 heterocycles. The summed E-state index contributed by atoms with van der Waals surface area (Å²) >= 11 is 0. The van der Waals surface area contributed by atoms with Gasteiger partial charge in [0.15, 0.2) is 11.4 Å². The second-order valence-electron chi connectivity index (χ2n) is 12.2. The molecule has 13 heteroatoms. The molecule has 2 aromatic carbocycles. The second-order valence-corrected chi connectivity index (χ2v) is 12.2. The van der Waals surface area contributed by atoms with Crippen molar-refractivity contribution in [3.63, 3.8) is 0 Å². The van der Waals surface area contributed by atoms with E-state index in [0.717, 1.165) is 5.56 Å². The minimum absolute atomic E-state index is 0.0321. The van der Waals surface area contributed by atoms with Gasteiger partial charge in [0.1, 0.15) is 22.8 Å². The molecule has 0 aliphatic heterocycles. The molecule has 238 valence electrons. The van der Waals surface area contributed by atoms with Crippen molar-refractivity contribution in [2.24, 2.45) is 17.6 Å². The Morgan fingerprint density at radius 1 is 1.02 bits per heavy atom. The number of fused-ring (bicyclic) bond motifs is 3. The SMILES string of the molecule is CC1c2ccc(NC(=O)CN(C)Cc3ccccc3)c(O)c2C(O)=C2C(=O)C3(O)C(O)=C(C(N)=O)C(=O)[C@@H](N(C)C)C3C(O)C21. The Kier molecular flexibility index (Phi) is 8.08. The Morgan fingerprint density at radius 2 is 1.67 bits per heavy atom. The molecule has 8 N–H and O–H groups in total. The molecule has 0 bridgehead atoms. The number of carbonyl (C=O) groups excluding carboxylic acids is 4. The van der Waals surface area contributed by atoms with Crippen molar-refractivity contribution < 1.29 is 44.7 Å². The van der Waals surface area contributed by atoms with E-state index in [0.29, 0.717) is 12.1 Å². The van der Waals surface area contributed by atoms with E-state index in [1.165, 1.54) is 31.1 Å². The van der Waals surface area contributed by atoms with Gasteiger partial charge in [-0.25, -0.2) is 0 Å². The number of hydrogen-bond donors (Lipinski definition) is 7. The van der Waals surface area contributed by atoms with Crippen LogP contribution >= 0.6 is 0 Å². The van der Waals surface area contributed by atoms with Crippen LogP contribution < -0.4 is 11.1 Å². The number of Topliss-reactive ketones (excluding diaryl/α,β-unsaturated/α-hetero) is 2. The fourth-order valence-corrected chi connectivity index (χ4v) is 7.10. The highest BCUT2D eigenvalue weighted by Crippen LogP contribution is 2.56. The van der Waals surface area contributed by atoms with Crippen LogP contribution in [0.15, 0.2) is 59.4 Å². The summed E-state index contributed by atoms with van der Waals surface area (Å²) in [6.45, 7) is 2.09. The number of nitrogens with two attached hydrogens (primary N) is 1. The number of rotatable bonds is 7. The Bertz CT molecular complexity index is 1670. The molecule has 3 aliphatic carbocycles. The van der Waals surface area contributed by atoms with Gasteiger partial charge in [-0.2, -0.15) is 0 Å². The third-order valence-corrected chi connectivity index (χ3v) is 9.11.